The van der Waals surface area contributed by atoms with E-state index in [1.807, 2.05) is 19.2 Å². The molecule has 3 rings (SSSR count). The van der Waals surface area contributed by atoms with Gasteiger partial charge >= 0.3 is 0 Å². The Morgan fingerprint density at radius 3 is 3.08 bits per heavy atom. The maximum atomic E-state index is 10.3. The van der Waals surface area contributed by atoms with Crippen LogP contribution in [0.3, 0.4) is 0 Å². The molecule has 0 radical (unpaired) electrons. The van der Waals surface area contributed by atoms with Crippen molar-refractivity contribution in [2.24, 2.45) is 0 Å². The maximum absolute atomic E-state index is 10.3. The standard InChI is InChI=1S/C17H28N6O2/c1-3-17-19-16(20-25-17)13-22-8-4-6-14(10-22)21(2)11-15(24)12-23-9-5-7-18-23/h5,7,9,14-15,24H,3-4,6,8,10-13H2,1-2H3/t14-,15-/m1/s1. The van der Waals surface area contributed by atoms with E-state index >= 15 is 0 Å². The molecule has 0 saturated carbocycles. The summed E-state index contributed by atoms with van der Waals surface area (Å²) < 4.78 is 6.96. The summed E-state index contributed by atoms with van der Waals surface area (Å²) in [5.41, 5.74) is 0. The molecule has 0 amide bonds. The second-order valence-electron chi connectivity index (χ2n) is 6.81. The van der Waals surface area contributed by atoms with Crippen LogP contribution in [0.5, 0.6) is 0 Å². The van der Waals surface area contributed by atoms with Gasteiger partial charge < -0.3 is 9.63 Å². The van der Waals surface area contributed by atoms with Crippen molar-refractivity contribution >= 4 is 0 Å². The number of aliphatic hydroxyl groups is 1. The van der Waals surface area contributed by atoms with Crippen molar-refractivity contribution in [3.63, 3.8) is 0 Å². The summed E-state index contributed by atoms with van der Waals surface area (Å²) in [7, 11) is 2.09. The largest absolute Gasteiger partial charge is 0.390 e. The molecular weight excluding hydrogens is 320 g/mol. The SMILES string of the molecule is CCc1nc(CN2CCC[C@@H](N(C)C[C@@H](O)Cn3cccn3)C2)no1. The van der Waals surface area contributed by atoms with E-state index < -0.39 is 6.10 Å². The first-order chi connectivity index (χ1) is 12.1. The van der Waals surface area contributed by atoms with Crippen molar-refractivity contribution in [2.45, 2.75) is 51.4 Å². The van der Waals surface area contributed by atoms with Crippen LogP contribution in [0, 0.1) is 0 Å². The van der Waals surface area contributed by atoms with Gasteiger partial charge in [0, 0.05) is 37.9 Å². The van der Waals surface area contributed by atoms with E-state index in [-0.39, 0.29) is 0 Å². The number of aryl methyl sites for hydroxylation is 1. The van der Waals surface area contributed by atoms with Gasteiger partial charge in [0.05, 0.1) is 19.2 Å². The van der Waals surface area contributed by atoms with Crippen molar-refractivity contribution in [1.29, 1.82) is 0 Å². The van der Waals surface area contributed by atoms with Crippen molar-refractivity contribution in [3.05, 3.63) is 30.2 Å². The summed E-state index contributed by atoms with van der Waals surface area (Å²) in [6.45, 7) is 5.91. The fourth-order valence-corrected chi connectivity index (χ4v) is 3.40. The van der Waals surface area contributed by atoms with E-state index in [0.717, 1.165) is 44.7 Å². The van der Waals surface area contributed by atoms with Crippen LogP contribution < -0.4 is 0 Å². The van der Waals surface area contributed by atoms with Gasteiger partial charge in [-0.3, -0.25) is 14.5 Å². The van der Waals surface area contributed by atoms with Crippen LogP contribution in [0.1, 0.15) is 31.5 Å². The molecule has 0 bridgehead atoms. The first kappa shape index (κ1) is 18.0. The van der Waals surface area contributed by atoms with Crippen LogP contribution in [0.15, 0.2) is 23.0 Å². The van der Waals surface area contributed by atoms with E-state index in [1.165, 1.54) is 0 Å². The van der Waals surface area contributed by atoms with E-state index in [2.05, 4.69) is 32.1 Å². The Balaban J connectivity index is 1.48. The lowest BCUT2D eigenvalue weighted by Gasteiger charge is -2.37. The molecule has 25 heavy (non-hydrogen) atoms. The van der Waals surface area contributed by atoms with Gasteiger partial charge in [-0.2, -0.15) is 10.1 Å². The highest BCUT2D eigenvalue weighted by molar-refractivity contribution is 4.89. The number of aromatic nitrogens is 4. The molecule has 1 fully saturated rings. The minimum Gasteiger partial charge on any atom is -0.390 e. The molecule has 2 aromatic heterocycles. The third-order valence-corrected chi connectivity index (χ3v) is 4.74. The Bertz CT molecular complexity index is 629. The molecule has 2 aromatic rings. The highest BCUT2D eigenvalue weighted by Crippen LogP contribution is 2.17. The average molecular weight is 348 g/mol. The van der Waals surface area contributed by atoms with Crippen molar-refractivity contribution in [1.82, 2.24) is 29.7 Å². The highest BCUT2D eigenvalue weighted by atomic mass is 16.5. The Morgan fingerprint density at radius 1 is 1.48 bits per heavy atom. The van der Waals surface area contributed by atoms with Gasteiger partial charge in [0.1, 0.15) is 0 Å². The molecule has 0 spiro atoms. The minimum absolute atomic E-state index is 0.426. The summed E-state index contributed by atoms with van der Waals surface area (Å²) in [6, 6.07) is 2.30. The molecule has 138 valence electrons. The van der Waals surface area contributed by atoms with Crippen LogP contribution in [-0.2, 0) is 19.5 Å². The predicted octanol–water partition coefficient (Wildman–Crippen LogP) is 0.786. The Hall–Kier alpha value is -1.77. The molecule has 1 saturated heterocycles. The topological polar surface area (TPSA) is 83.5 Å². The number of aliphatic hydroxyl groups excluding tert-OH is 1. The summed E-state index contributed by atoms with van der Waals surface area (Å²) >= 11 is 0. The van der Waals surface area contributed by atoms with Crippen LogP contribution >= 0.6 is 0 Å². The van der Waals surface area contributed by atoms with Crippen LogP contribution in [0.2, 0.25) is 0 Å². The lowest BCUT2D eigenvalue weighted by molar-refractivity contribution is 0.0556. The van der Waals surface area contributed by atoms with Crippen molar-refractivity contribution in [3.8, 4) is 0 Å². The lowest BCUT2D eigenvalue weighted by Crippen LogP contribution is -2.48. The number of likely N-dealkylation sites (N-methyl/N-ethyl adjacent to an activating group) is 1. The van der Waals surface area contributed by atoms with Crippen molar-refractivity contribution in [2.75, 3.05) is 26.7 Å². The molecule has 0 unspecified atom stereocenters. The Morgan fingerprint density at radius 2 is 2.36 bits per heavy atom. The summed E-state index contributed by atoms with van der Waals surface area (Å²) in [5, 5.41) is 18.5. The number of likely N-dealkylation sites (tertiary alicyclic amines) is 1. The van der Waals surface area contributed by atoms with Gasteiger partial charge in [0.15, 0.2) is 5.82 Å². The number of hydrogen-bond donors (Lipinski definition) is 1. The third kappa shape index (κ3) is 5.10. The molecule has 0 aliphatic carbocycles. The fraction of sp³-hybridized carbons (Fsp3) is 0.706. The molecule has 1 aliphatic heterocycles. The minimum atomic E-state index is -0.426. The van der Waals surface area contributed by atoms with E-state index in [0.29, 0.717) is 25.0 Å². The zero-order valence-electron chi connectivity index (χ0n) is 15.1. The van der Waals surface area contributed by atoms with Gasteiger partial charge in [-0.15, -0.1) is 0 Å². The lowest BCUT2D eigenvalue weighted by atomic mass is 10.0. The zero-order valence-corrected chi connectivity index (χ0v) is 15.1. The Labute approximate surface area is 148 Å². The predicted molar refractivity (Wildman–Crippen MR) is 92.8 cm³/mol. The van der Waals surface area contributed by atoms with Gasteiger partial charge in [-0.25, -0.2) is 0 Å². The second-order valence-corrected chi connectivity index (χ2v) is 6.81. The zero-order chi connectivity index (χ0) is 17.6. The normalized spacial score (nSPS) is 20.2. The molecule has 2 atom stereocenters. The number of nitrogens with zero attached hydrogens (tertiary/aromatic N) is 6. The van der Waals surface area contributed by atoms with Gasteiger partial charge in [-0.1, -0.05) is 12.1 Å². The van der Waals surface area contributed by atoms with Crippen molar-refractivity contribution < 1.29 is 9.63 Å². The molecule has 8 heteroatoms. The monoisotopic (exact) mass is 348 g/mol. The second kappa shape index (κ2) is 8.55. The van der Waals surface area contributed by atoms with E-state index in [9.17, 15) is 5.11 Å². The smallest absolute Gasteiger partial charge is 0.226 e. The van der Waals surface area contributed by atoms with Gasteiger partial charge in [-0.05, 0) is 32.5 Å². The first-order valence-corrected chi connectivity index (χ1v) is 9.03. The molecular formula is C17H28N6O2. The van der Waals surface area contributed by atoms with Crippen LogP contribution in [0.25, 0.3) is 0 Å². The van der Waals surface area contributed by atoms with Gasteiger partial charge in [0.2, 0.25) is 5.89 Å². The quantitative estimate of drug-likeness (QED) is 0.755. The third-order valence-electron chi connectivity index (χ3n) is 4.74. The molecule has 0 aromatic carbocycles. The van der Waals surface area contributed by atoms with Gasteiger partial charge in [0.25, 0.3) is 0 Å². The molecule has 8 nitrogen and oxygen atoms in total. The number of rotatable bonds is 8. The fourth-order valence-electron chi connectivity index (χ4n) is 3.40. The average Bonchev–Trinajstić information content (AvgIpc) is 3.26. The summed E-state index contributed by atoms with van der Waals surface area (Å²) in [5.74, 6) is 1.46. The summed E-state index contributed by atoms with van der Waals surface area (Å²) in [6.07, 6.45) is 6.24. The maximum Gasteiger partial charge on any atom is 0.226 e. The van der Waals surface area contributed by atoms with Crippen LogP contribution in [0.4, 0.5) is 0 Å². The number of piperidine rings is 1. The summed E-state index contributed by atoms with van der Waals surface area (Å²) in [4.78, 5) is 9.03. The molecule has 1 aliphatic rings. The molecule has 1 N–H and O–H groups in total. The van der Waals surface area contributed by atoms with Crippen LogP contribution in [-0.4, -0.2) is 73.7 Å². The molecule has 3 heterocycles. The van der Waals surface area contributed by atoms with E-state index in [4.69, 9.17) is 4.52 Å². The Kier molecular flexibility index (Phi) is 6.17. The first-order valence-electron chi connectivity index (χ1n) is 9.03. The number of hydrogen-bond acceptors (Lipinski definition) is 7. The van der Waals surface area contributed by atoms with E-state index in [1.54, 1.807) is 10.9 Å². The highest BCUT2D eigenvalue weighted by Gasteiger charge is 2.25.